The Kier molecular flexibility index (Phi) is 6.11. The Bertz CT molecular complexity index is 421. The van der Waals surface area contributed by atoms with E-state index in [1.807, 2.05) is 6.92 Å². The van der Waals surface area contributed by atoms with Crippen molar-refractivity contribution in [2.24, 2.45) is 5.92 Å². The van der Waals surface area contributed by atoms with Crippen molar-refractivity contribution in [3.05, 3.63) is 29.8 Å². The lowest BCUT2D eigenvalue weighted by atomic mass is 9.95. The van der Waals surface area contributed by atoms with Crippen molar-refractivity contribution in [2.75, 3.05) is 5.75 Å². The highest BCUT2D eigenvalue weighted by Gasteiger charge is 2.24. The fourth-order valence-corrected chi connectivity index (χ4v) is 2.71. The standard InChI is InChI=1S/C17H29NOS/c1-13(2)17(6,19)12-20-15-9-7-8-14(10-15)11-18-16(3,4)5/h7-10,13,18-19H,11-12H2,1-6H3. The third kappa shape index (κ3) is 6.29. The molecule has 2 N–H and O–H groups in total. The second kappa shape index (κ2) is 6.97. The molecule has 0 radical (unpaired) electrons. The molecule has 20 heavy (non-hydrogen) atoms. The van der Waals surface area contributed by atoms with Crippen molar-refractivity contribution in [1.29, 1.82) is 0 Å². The largest absolute Gasteiger partial charge is 0.389 e. The van der Waals surface area contributed by atoms with Gasteiger partial charge in [0.05, 0.1) is 5.60 Å². The van der Waals surface area contributed by atoms with E-state index in [9.17, 15) is 5.11 Å². The summed E-state index contributed by atoms with van der Waals surface area (Å²) >= 11 is 1.73. The van der Waals surface area contributed by atoms with E-state index in [4.69, 9.17) is 0 Å². The van der Waals surface area contributed by atoms with E-state index in [1.54, 1.807) is 11.8 Å². The van der Waals surface area contributed by atoms with Gasteiger partial charge in [-0.1, -0.05) is 26.0 Å². The number of hydrogen-bond acceptors (Lipinski definition) is 3. The summed E-state index contributed by atoms with van der Waals surface area (Å²) in [5, 5.41) is 13.8. The van der Waals surface area contributed by atoms with Crippen molar-refractivity contribution in [2.45, 2.75) is 64.1 Å². The molecule has 3 heteroatoms. The van der Waals surface area contributed by atoms with Crippen molar-refractivity contribution < 1.29 is 5.11 Å². The highest BCUT2D eigenvalue weighted by atomic mass is 32.2. The zero-order valence-electron chi connectivity index (χ0n) is 13.7. The van der Waals surface area contributed by atoms with Crippen LogP contribution in [0.3, 0.4) is 0 Å². The van der Waals surface area contributed by atoms with Crippen molar-refractivity contribution in [3.63, 3.8) is 0 Å². The van der Waals surface area contributed by atoms with E-state index < -0.39 is 5.60 Å². The predicted molar refractivity (Wildman–Crippen MR) is 89.2 cm³/mol. The molecule has 0 aliphatic carbocycles. The smallest absolute Gasteiger partial charge is 0.0736 e. The number of thioether (sulfide) groups is 1. The van der Waals surface area contributed by atoms with Crippen LogP contribution < -0.4 is 5.32 Å². The van der Waals surface area contributed by atoms with E-state index in [0.29, 0.717) is 0 Å². The van der Waals surface area contributed by atoms with Crippen molar-refractivity contribution in [3.8, 4) is 0 Å². The van der Waals surface area contributed by atoms with Crippen LogP contribution in [0.5, 0.6) is 0 Å². The molecule has 0 bridgehead atoms. The first kappa shape index (κ1) is 17.5. The molecule has 1 aromatic rings. The molecule has 114 valence electrons. The van der Waals surface area contributed by atoms with Gasteiger partial charge in [0.25, 0.3) is 0 Å². The monoisotopic (exact) mass is 295 g/mol. The summed E-state index contributed by atoms with van der Waals surface area (Å²) in [5.74, 6) is 0.988. The number of rotatable bonds is 6. The first-order chi connectivity index (χ1) is 9.10. The SMILES string of the molecule is CC(C)C(C)(O)CSc1cccc(CNC(C)(C)C)c1. The molecule has 1 rings (SSSR count). The number of hydrogen-bond donors (Lipinski definition) is 2. The Hall–Kier alpha value is -0.510. The van der Waals surface area contributed by atoms with Gasteiger partial charge in [-0.15, -0.1) is 11.8 Å². The van der Waals surface area contributed by atoms with Crippen molar-refractivity contribution >= 4 is 11.8 Å². The molecule has 0 saturated carbocycles. The van der Waals surface area contributed by atoms with E-state index >= 15 is 0 Å². The average molecular weight is 295 g/mol. The normalized spacial score (nSPS) is 15.4. The highest BCUT2D eigenvalue weighted by Crippen LogP contribution is 2.27. The van der Waals surface area contributed by atoms with Crippen LogP contribution in [0.15, 0.2) is 29.2 Å². The van der Waals surface area contributed by atoms with Crippen LogP contribution in [0.1, 0.15) is 47.1 Å². The van der Waals surface area contributed by atoms with E-state index in [1.165, 1.54) is 10.5 Å². The van der Waals surface area contributed by atoms with Gasteiger partial charge in [-0.25, -0.2) is 0 Å². The summed E-state index contributed by atoms with van der Waals surface area (Å²) < 4.78 is 0. The number of nitrogens with one attached hydrogen (secondary N) is 1. The zero-order valence-corrected chi connectivity index (χ0v) is 14.5. The highest BCUT2D eigenvalue weighted by molar-refractivity contribution is 7.99. The Morgan fingerprint density at radius 2 is 1.85 bits per heavy atom. The maximum absolute atomic E-state index is 10.3. The van der Waals surface area contributed by atoms with E-state index in [2.05, 4.69) is 64.2 Å². The van der Waals surface area contributed by atoms with E-state index in [0.717, 1.165) is 12.3 Å². The fourth-order valence-electron chi connectivity index (χ4n) is 1.51. The predicted octanol–water partition coefficient (Wildman–Crippen LogP) is 4.07. The second-order valence-electron chi connectivity index (χ2n) is 7.05. The fraction of sp³-hybridized carbons (Fsp3) is 0.647. The van der Waals surface area contributed by atoms with Crippen molar-refractivity contribution in [1.82, 2.24) is 5.32 Å². The van der Waals surface area contributed by atoms with Crippen LogP contribution in [-0.2, 0) is 6.54 Å². The summed E-state index contributed by atoms with van der Waals surface area (Å²) in [6.45, 7) is 13.4. The van der Waals surface area contributed by atoms with Crippen LogP contribution in [-0.4, -0.2) is 22.0 Å². The molecule has 1 unspecified atom stereocenters. The molecule has 0 saturated heterocycles. The van der Waals surface area contributed by atoms with Gasteiger partial charge in [0, 0.05) is 22.7 Å². The summed E-state index contributed by atoms with van der Waals surface area (Å²) in [4.78, 5) is 1.22. The Morgan fingerprint density at radius 3 is 2.40 bits per heavy atom. The lowest BCUT2D eigenvalue weighted by Gasteiger charge is -2.27. The Labute approximate surface area is 128 Å². The molecule has 0 amide bonds. The molecular weight excluding hydrogens is 266 g/mol. The lowest BCUT2D eigenvalue weighted by molar-refractivity contribution is 0.0376. The third-order valence-electron chi connectivity index (χ3n) is 3.50. The number of benzene rings is 1. The zero-order chi connectivity index (χ0) is 15.4. The van der Waals surface area contributed by atoms with Gasteiger partial charge in [-0.3, -0.25) is 0 Å². The Morgan fingerprint density at radius 1 is 1.20 bits per heavy atom. The topological polar surface area (TPSA) is 32.3 Å². The molecule has 1 atom stereocenters. The molecule has 0 spiro atoms. The van der Waals surface area contributed by atoms with Gasteiger partial charge in [0.15, 0.2) is 0 Å². The number of aliphatic hydroxyl groups is 1. The van der Waals surface area contributed by atoms with Gasteiger partial charge in [0.1, 0.15) is 0 Å². The molecule has 1 aromatic carbocycles. The van der Waals surface area contributed by atoms with Gasteiger partial charge in [-0.05, 0) is 51.3 Å². The van der Waals surface area contributed by atoms with Gasteiger partial charge < -0.3 is 10.4 Å². The summed E-state index contributed by atoms with van der Waals surface area (Å²) in [5.41, 5.74) is 0.795. The maximum Gasteiger partial charge on any atom is 0.0736 e. The minimum Gasteiger partial charge on any atom is -0.389 e. The lowest BCUT2D eigenvalue weighted by Crippen LogP contribution is -2.35. The first-order valence-corrected chi connectivity index (χ1v) is 8.28. The molecule has 0 heterocycles. The quantitative estimate of drug-likeness (QED) is 0.776. The van der Waals surface area contributed by atoms with Crippen LogP contribution in [0.25, 0.3) is 0 Å². The van der Waals surface area contributed by atoms with Crippen LogP contribution in [0.4, 0.5) is 0 Å². The maximum atomic E-state index is 10.3. The summed E-state index contributed by atoms with van der Waals surface area (Å²) in [6.07, 6.45) is 0. The summed E-state index contributed by atoms with van der Waals surface area (Å²) in [6, 6.07) is 8.55. The molecule has 0 aliphatic rings. The Balaban J connectivity index is 2.60. The van der Waals surface area contributed by atoms with Crippen LogP contribution in [0, 0.1) is 5.92 Å². The van der Waals surface area contributed by atoms with Gasteiger partial charge in [0.2, 0.25) is 0 Å². The molecule has 2 nitrogen and oxygen atoms in total. The minimum absolute atomic E-state index is 0.129. The molecule has 0 aromatic heterocycles. The first-order valence-electron chi connectivity index (χ1n) is 7.29. The van der Waals surface area contributed by atoms with E-state index in [-0.39, 0.29) is 11.5 Å². The minimum atomic E-state index is -0.621. The average Bonchev–Trinajstić information content (AvgIpc) is 2.34. The second-order valence-corrected chi connectivity index (χ2v) is 8.10. The van der Waals surface area contributed by atoms with Crippen LogP contribution in [0.2, 0.25) is 0 Å². The summed E-state index contributed by atoms with van der Waals surface area (Å²) in [7, 11) is 0. The molecule has 0 aliphatic heterocycles. The molecular formula is C17H29NOS. The van der Waals surface area contributed by atoms with Gasteiger partial charge >= 0.3 is 0 Å². The molecule has 0 fully saturated rings. The third-order valence-corrected chi connectivity index (χ3v) is 4.81. The van der Waals surface area contributed by atoms with Crippen LogP contribution >= 0.6 is 11.8 Å². The van der Waals surface area contributed by atoms with Gasteiger partial charge in [-0.2, -0.15) is 0 Å².